The van der Waals surface area contributed by atoms with Crippen molar-refractivity contribution in [3.63, 3.8) is 0 Å². The monoisotopic (exact) mass is 761 g/mol. The summed E-state index contributed by atoms with van der Waals surface area (Å²) in [6, 6.07) is 65.5. The molecule has 12 rings (SSSR count). The van der Waals surface area contributed by atoms with Gasteiger partial charge in [0.2, 0.25) is 0 Å². The van der Waals surface area contributed by atoms with Crippen LogP contribution in [0, 0.1) is 0 Å². The zero-order valence-electron chi connectivity index (χ0n) is 31.0. The molecule has 3 heterocycles. The first-order chi connectivity index (χ1) is 28.7. The average molecular weight is 762 g/mol. The van der Waals surface area contributed by atoms with Crippen LogP contribution in [-0.4, -0.2) is 15.0 Å². The van der Waals surface area contributed by atoms with E-state index < -0.39 is 5.41 Å². The highest BCUT2D eigenvalue weighted by molar-refractivity contribution is 7.25. The highest BCUT2D eigenvalue weighted by Crippen LogP contribution is 2.60. The van der Waals surface area contributed by atoms with Gasteiger partial charge in [0, 0.05) is 31.3 Å². The Labute approximate surface area is 338 Å². The molecule has 0 fully saturated rings. The van der Waals surface area contributed by atoms with Gasteiger partial charge in [-0.3, -0.25) is 0 Å². The summed E-state index contributed by atoms with van der Waals surface area (Å²) in [7, 11) is 0. The van der Waals surface area contributed by atoms with Crippen molar-refractivity contribution < 1.29 is 9.47 Å². The molecule has 0 saturated carbocycles. The minimum atomic E-state index is -0.553. The van der Waals surface area contributed by atoms with Crippen LogP contribution in [0.2, 0.25) is 0 Å². The van der Waals surface area contributed by atoms with E-state index in [9.17, 15) is 0 Å². The van der Waals surface area contributed by atoms with Gasteiger partial charge in [0.05, 0.1) is 11.0 Å². The number of hydrogen-bond acceptors (Lipinski definition) is 6. The third-order valence-corrected chi connectivity index (χ3v) is 12.6. The molecule has 5 nitrogen and oxygen atoms in total. The van der Waals surface area contributed by atoms with Gasteiger partial charge in [-0.1, -0.05) is 152 Å². The molecule has 0 amide bonds. The van der Waals surface area contributed by atoms with Crippen LogP contribution in [0.3, 0.4) is 0 Å². The van der Waals surface area contributed by atoms with Crippen LogP contribution in [0.15, 0.2) is 188 Å². The predicted molar refractivity (Wildman–Crippen MR) is 233 cm³/mol. The molecule has 0 spiro atoms. The van der Waals surface area contributed by atoms with Crippen molar-refractivity contribution in [1.29, 1.82) is 0 Å². The van der Waals surface area contributed by atoms with Gasteiger partial charge in [-0.15, -0.1) is 11.3 Å². The second kappa shape index (κ2) is 12.8. The summed E-state index contributed by atoms with van der Waals surface area (Å²) in [5, 5.41) is 2.48. The van der Waals surface area contributed by atoms with Crippen LogP contribution in [-0.2, 0) is 5.41 Å². The predicted octanol–water partition coefficient (Wildman–Crippen LogP) is 13.5. The molecule has 0 N–H and O–H groups in total. The Balaban J connectivity index is 1.01. The molecule has 0 bridgehead atoms. The molecule has 1 aliphatic heterocycles. The Kier molecular flexibility index (Phi) is 7.25. The van der Waals surface area contributed by atoms with E-state index in [1.165, 1.54) is 42.4 Å². The van der Waals surface area contributed by atoms with Crippen LogP contribution < -0.4 is 9.47 Å². The molecule has 272 valence electrons. The fourth-order valence-electron chi connectivity index (χ4n) is 8.92. The van der Waals surface area contributed by atoms with E-state index in [4.69, 9.17) is 24.4 Å². The summed E-state index contributed by atoms with van der Waals surface area (Å²) in [5.41, 5.74) is 9.02. The third kappa shape index (κ3) is 4.92. The van der Waals surface area contributed by atoms with Crippen LogP contribution >= 0.6 is 11.3 Å². The maximum absolute atomic E-state index is 6.94. The van der Waals surface area contributed by atoms with Gasteiger partial charge in [-0.05, 0) is 69.8 Å². The number of benzene rings is 8. The van der Waals surface area contributed by atoms with Crippen LogP contribution in [0.4, 0.5) is 0 Å². The summed E-state index contributed by atoms with van der Waals surface area (Å²) in [6.07, 6.45) is 0. The Hall–Kier alpha value is -7.41. The highest BCUT2D eigenvalue weighted by atomic mass is 32.1. The fraction of sp³-hybridized carbons (Fsp3) is 0.0192. The van der Waals surface area contributed by atoms with Crippen molar-refractivity contribution >= 4 is 31.5 Å². The van der Waals surface area contributed by atoms with Crippen molar-refractivity contribution in [2.75, 3.05) is 0 Å². The Bertz CT molecular complexity index is 3200. The van der Waals surface area contributed by atoms with Crippen LogP contribution in [0.1, 0.15) is 22.3 Å². The minimum Gasteiger partial charge on any atom is -0.449 e. The first kappa shape index (κ1) is 32.8. The third-order valence-electron chi connectivity index (χ3n) is 11.5. The normalized spacial score (nSPS) is 13.2. The Morgan fingerprint density at radius 3 is 1.79 bits per heavy atom. The molecule has 0 atom stereocenters. The largest absolute Gasteiger partial charge is 0.449 e. The molecule has 0 radical (unpaired) electrons. The van der Waals surface area contributed by atoms with Gasteiger partial charge in [0.25, 0.3) is 0 Å². The second-order valence-corrected chi connectivity index (χ2v) is 15.8. The van der Waals surface area contributed by atoms with Gasteiger partial charge in [-0.2, -0.15) is 0 Å². The summed E-state index contributed by atoms with van der Waals surface area (Å²) in [4.78, 5) is 15.3. The number of nitrogens with zero attached hydrogens (tertiary/aromatic N) is 3. The topological polar surface area (TPSA) is 57.1 Å². The van der Waals surface area contributed by atoms with Crippen LogP contribution in [0.5, 0.6) is 23.0 Å². The highest BCUT2D eigenvalue weighted by Gasteiger charge is 2.47. The first-order valence-corrected chi connectivity index (χ1v) is 20.2. The van der Waals surface area contributed by atoms with Crippen molar-refractivity contribution in [2.45, 2.75) is 5.41 Å². The summed E-state index contributed by atoms with van der Waals surface area (Å²) >= 11 is 1.78. The zero-order valence-corrected chi connectivity index (χ0v) is 31.8. The molecule has 10 aromatic rings. The number of fused-ring (bicyclic) bond motifs is 8. The molecule has 8 aromatic carbocycles. The standard InChI is InChI=1S/C52H31N3O2S/c1-4-15-32(16-5-1)49-53-50(33-27-28-38-37-22-11-13-26-46(37)58-47(38)29-33)55-51(54-49)39-23-14-25-43-48(39)57-44-30-40-36-21-10-12-24-41(36)52(34-17-6-2-7-18-34,35-19-8-3-9-20-35)42(40)31-45(44)56-43/h1-31H. The summed E-state index contributed by atoms with van der Waals surface area (Å²) in [5.74, 6) is 4.13. The smallest absolute Gasteiger partial charge is 0.181 e. The van der Waals surface area contributed by atoms with Gasteiger partial charge in [0.15, 0.2) is 40.5 Å². The van der Waals surface area contributed by atoms with Gasteiger partial charge in [-0.25, -0.2) is 15.0 Å². The molecule has 6 heteroatoms. The quantitative estimate of drug-likeness (QED) is 0.175. The maximum Gasteiger partial charge on any atom is 0.181 e. The fourth-order valence-corrected chi connectivity index (χ4v) is 10.1. The number of thiophene rings is 1. The number of aromatic nitrogens is 3. The molecule has 1 aliphatic carbocycles. The first-order valence-electron chi connectivity index (χ1n) is 19.3. The van der Waals surface area contributed by atoms with Gasteiger partial charge >= 0.3 is 0 Å². The Morgan fingerprint density at radius 2 is 1.00 bits per heavy atom. The van der Waals surface area contributed by atoms with Gasteiger partial charge < -0.3 is 9.47 Å². The molecular formula is C52H31N3O2S. The van der Waals surface area contributed by atoms with E-state index >= 15 is 0 Å². The lowest BCUT2D eigenvalue weighted by Gasteiger charge is -2.34. The lowest BCUT2D eigenvalue weighted by atomic mass is 9.67. The van der Waals surface area contributed by atoms with E-state index in [0.29, 0.717) is 40.5 Å². The maximum atomic E-state index is 6.94. The van der Waals surface area contributed by atoms with Crippen molar-refractivity contribution in [3.8, 4) is 68.3 Å². The van der Waals surface area contributed by atoms with E-state index in [1.807, 2.05) is 48.5 Å². The number of hydrogen-bond donors (Lipinski definition) is 0. The van der Waals surface area contributed by atoms with Crippen molar-refractivity contribution in [2.24, 2.45) is 0 Å². The van der Waals surface area contributed by atoms with Crippen molar-refractivity contribution in [3.05, 3.63) is 210 Å². The number of rotatable bonds is 5. The van der Waals surface area contributed by atoms with E-state index in [1.54, 1.807) is 11.3 Å². The summed E-state index contributed by atoms with van der Waals surface area (Å²) in [6.45, 7) is 0. The molecular weight excluding hydrogens is 731 g/mol. The van der Waals surface area contributed by atoms with E-state index in [-0.39, 0.29) is 0 Å². The van der Waals surface area contributed by atoms with Crippen molar-refractivity contribution in [1.82, 2.24) is 15.0 Å². The SMILES string of the molecule is c1ccc(-c2nc(-c3ccc4c(c3)sc3ccccc34)nc(-c3cccc4c3Oc3cc5c(cc3O4)C(c3ccccc3)(c3ccccc3)c3ccccc3-5)n2)cc1. The number of ether oxygens (including phenoxy) is 2. The van der Waals surface area contributed by atoms with Gasteiger partial charge in [0.1, 0.15) is 0 Å². The molecule has 58 heavy (non-hydrogen) atoms. The molecule has 0 unspecified atom stereocenters. The zero-order chi connectivity index (χ0) is 38.2. The lowest BCUT2D eigenvalue weighted by Crippen LogP contribution is -2.28. The second-order valence-electron chi connectivity index (χ2n) is 14.7. The minimum absolute atomic E-state index is 0.503. The molecule has 2 aliphatic rings. The van der Waals surface area contributed by atoms with Crippen LogP contribution in [0.25, 0.3) is 65.5 Å². The lowest BCUT2D eigenvalue weighted by molar-refractivity contribution is 0.360. The number of para-hydroxylation sites is 1. The molecule has 0 saturated heterocycles. The molecule has 2 aromatic heterocycles. The summed E-state index contributed by atoms with van der Waals surface area (Å²) < 4.78 is 16.2. The van der Waals surface area contributed by atoms with E-state index in [2.05, 4.69) is 140 Å². The average Bonchev–Trinajstić information content (AvgIpc) is 3.81. The Morgan fingerprint density at radius 1 is 0.379 bits per heavy atom. The van der Waals surface area contributed by atoms with E-state index in [0.717, 1.165) is 27.8 Å².